The number of hydrogen-bond acceptors (Lipinski definition) is 5. The predicted octanol–water partition coefficient (Wildman–Crippen LogP) is 2.57. The number of carbonyl (C=O) groups is 4. The number of hydrogen-bond donors (Lipinski definition) is 3. The number of carbonyl (C=O) groups excluding carboxylic acids is 3. The second-order valence-electron chi connectivity index (χ2n) is 9.46. The first-order valence-corrected chi connectivity index (χ1v) is 11.6. The third-order valence-corrected chi connectivity index (χ3v) is 7.86. The second kappa shape index (κ2) is 7.56. The third kappa shape index (κ3) is 2.92. The first-order chi connectivity index (χ1) is 15.3. The van der Waals surface area contributed by atoms with Crippen molar-refractivity contribution in [2.24, 2.45) is 11.8 Å². The van der Waals surface area contributed by atoms with Crippen LogP contribution in [-0.4, -0.2) is 45.8 Å². The van der Waals surface area contributed by atoms with Gasteiger partial charge in [0, 0.05) is 24.1 Å². The Labute approximate surface area is 190 Å². The molecule has 0 radical (unpaired) electrons. The SMILES string of the molecule is Cc1cc(Cl)c2c(c1)C1(NC(CCC(=O)O)[C@H]3C(=O)N(C4CCCCC4)C(=O)[C@H]31)C(=O)N2. The van der Waals surface area contributed by atoms with E-state index in [2.05, 4.69) is 10.6 Å². The Balaban J connectivity index is 1.63. The fourth-order valence-corrected chi connectivity index (χ4v) is 6.56. The van der Waals surface area contributed by atoms with Crippen molar-refractivity contribution in [3.63, 3.8) is 0 Å². The van der Waals surface area contributed by atoms with E-state index in [1.54, 1.807) is 6.07 Å². The summed E-state index contributed by atoms with van der Waals surface area (Å²) in [5, 5.41) is 15.7. The minimum atomic E-state index is -1.44. The van der Waals surface area contributed by atoms with Gasteiger partial charge in [0.05, 0.1) is 22.5 Å². The van der Waals surface area contributed by atoms with Crippen LogP contribution in [0.1, 0.15) is 56.1 Å². The number of carboxylic acid groups (broad SMARTS) is 1. The average Bonchev–Trinajstić information content (AvgIpc) is 3.33. The molecule has 1 aliphatic carbocycles. The van der Waals surface area contributed by atoms with Gasteiger partial charge < -0.3 is 10.4 Å². The number of imide groups is 1. The number of fused-ring (bicyclic) bond motifs is 4. The lowest BCUT2D eigenvalue weighted by Gasteiger charge is -2.34. The smallest absolute Gasteiger partial charge is 0.303 e. The molecule has 0 aromatic heterocycles. The van der Waals surface area contributed by atoms with Gasteiger partial charge in [-0.3, -0.25) is 29.4 Å². The van der Waals surface area contributed by atoms with Crippen molar-refractivity contribution in [3.8, 4) is 0 Å². The van der Waals surface area contributed by atoms with Crippen molar-refractivity contribution in [1.82, 2.24) is 10.2 Å². The zero-order chi connectivity index (χ0) is 22.8. The normalized spacial score (nSPS) is 31.9. The van der Waals surface area contributed by atoms with Crippen molar-refractivity contribution in [2.45, 2.75) is 69.5 Å². The number of halogens is 1. The van der Waals surface area contributed by atoms with Gasteiger partial charge in [-0.1, -0.05) is 36.9 Å². The van der Waals surface area contributed by atoms with Crippen molar-refractivity contribution < 1.29 is 24.3 Å². The zero-order valence-corrected chi connectivity index (χ0v) is 18.6. The van der Waals surface area contributed by atoms with Gasteiger partial charge in [-0.05, 0) is 37.8 Å². The summed E-state index contributed by atoms with van der Waals surface area (Å²) in [4.78, 5) is 53.5. The molecule has 2 unspecified atom stereocenters. The van der Waals surface area contributed by atoms with Gasteiger partial charge in [0.15, 0.2) is 0 Å². The Morgan fingerprint density at radius 3 is 2.59 bits per heavy atom. The number of amides is 3. The number of nitrogens with zero attached hydrogens (tertiary/aromatic N) is 1. The quantitative estimate of drug-likeness (QED) is 0.596. The molecule has 5 rings (SSSR count). The lowest BCUT2D eigenvalue weighted by Crippen LogP contribution is -2.54. The lowest BCUT2D eigenvalue weighted by molar-refractivity contribution is -0.146. The molecule has 1 aromatic carbocycles. The van der Waals surface area contributed by atoms with Gasteiger partial charge in [-0.25, -0.2) is 0 Å². The molecule has 3 fully saturated rings. The number of likely N-dealkylation sites (tertiary alicyclic amines) is 1. The van der Waals surface area contributed by atoms with E-state index in [-0.39, 0.29) is 30.7 Å². The van der Waals surface area contributed by atoms with Crippen LogP contribution in [0.2, 0.25) is 5.02 Å². The van der Waals surface area contributed by atoms with Crippen LogP contribution < -0.4 is 10.6 Å². The molecule has 8 nitrogen and oxygen atoms in total. The molecular weight excluding hydrogens is 434 g/mol. The van der Waals surface area contributed by atoms with Crippen LogP contribution in [0.4, 0.5) is 5.69 Å². The van der Waals surface area contributed by atoms with Crippen LogP contribution in [0, 0.1) is 18.8 Å². The van der Waals surface area contributed by atoms with E-state index in [4.69, 9.17) is 11.6 Å². The van der Waals surface area contributed by atoms with Crippen LogP contribution in [0.15, 0.2) is 12.1 Å². The fraction of sp³-hybridized carbons (Fsp3) is 0.565. The zero-order valence-electron chi connectivity index (χ0n) is 17.8. The molecular formula is C23H26ClN3O5. The van der Waals surface area contributed by atoms with Crippen molar-refractivity contribution in [3.05, 3.63) is 28.3 Å². The van der Waals surface area contributed by atoms with Crippen LogP contribution in [0.3, 0.4) is 0 Å². The molecule has 3 aliphatic heterocycles. The van der Waals surface area contributed by atoms with Gasteiger partial charge in [0.2, 0.25) is 17.7 Å². The Morgan fingerprint density at radius 1 is 1.19 bits per heavy atom. The maximum Gasteiger partial charge on any atom is 0.303 e. The number of nitrogens with one attached hydrogen (secondary N) is 2. The number of benzene rings is 1. The number of rotatable bonds is 4. The molecule has 4 atom stereocenters. The monoisotopic (exact) mass is 459 g/mol. The molecule has 4 aliphatic rings. The van der Waals surface area contributed by atoms with E-state index in [1.165, 1.54) is 4.90 Å². The van der Waals surface area contributed by atoms with Crippen molar-refractivity contribution in [2.75, 3.05) is 5.32 Å². The van der Waals surface area contributed by atoms with Crippen LogP contribution in [-0.2, 0) is 24.7 Å². The summed E-state index contributed by atoms with van der Waals surface area (Å²) in [7, 11) is 0. The number of anilines is 1. The number of carboxylic acids is 1. The van der Waals surface area contributed by atoms with E-state index < -0.39 is 35.3 Å². The highest BCUT2D eigenvalue weighted by Gasteiger charge is 2.71. The molecule has 0 bridgehead atoms. The van der Waals surface area contributed by atoms with Gasteiger partial charge in [0.25, 0.3) is 0 Å². The summed E-state index contributed by atoms with van der Waals surface area (Å²) in [5.41, 5.74) is 0.406. The van der Waals surface area contributed by atoms with Gasteiger partial charge >= 0.3 is 5.97 Å². The van der Waals surface area contributed by atoms with E-state index in [1.807, 2.05) is 13.0 Å². The molecule has 9 heteroatoms. The fourth-order valence-electron chi connectivity index (χ4n) is 6.24. The molecule has 3 N–H and O–H groups in total. The standard InChI is InChI=1S/C23H26ClN3O5/c1-11-9-13-19(14(24)10-11)25-22(32)23(13)18-17(15(26-23)7-8-16(28)29)20(30)27(21(18)31)12-5-3-2-4-6-12/h9-10,12,15,17-18,26H,2-8H2,1H3,(H,25,32)(H,28,29)/t15?,17-,18+,23?/m1/s1. The summed E-state index contributed by atoms with van der Waals surface area (Å²) in [6.07, 6.45) is 4.53. The highest BCUT2D eigenvalue weighted by molar-refractivity contribution is 6.35. The maximum absolute atomic E-state index is 13.8. The van der Waals surface area contributed by atoms with Crippen LogP contribution >= 0.6 is 11.6 Å². The van der Waals surface area contributed by atoms with E-state index in [9.17, 15) is 24.3 Å². The maximum atomic E-state index is 13.8. The lowest BCUT2D eigenvalue weighted by atomic mass is 9.76. The molecule has 32 heavy (non-hydrogen) atoms. The Bertz CT molecular complexity index is 1040. The van der Waals surface area contributed by atoms with Crippen LogP contribution in [0.25, 0.3) is 0 Å². The number of aryl methyl sites for hydroxylation is 1. The predicted molar refractivity (Wildman–Crippen MR) is 116 cm³/mol. The second-order valence-corrected chi connectivity index (χ2v) is 9.86. The summed E-state index contributed by atoms with van der Waals surface area (Å²) in [6.45, 7) is 1.85. The van der Waals surface area contributed by atoms with Crippen molar-refractivity contribution >= 4 is 41.0 Å². The first kappa shape index (κ1) is 21.4. The molecule has 1 spiro atoms. The molecule has 1 aromatic rings. The minimum Gasteiger partial charge on any atom is -0.481 e. The van der Waals surface area contributed by atoms with E-state index in [0.29, 0.717) is 16.3 Å². The summed E-state index contributed by atoms with van der Waals surface area (Å²) in [6, 6.07) is 2.81. The summed E-state index contributed by atoms with van der Waals surface area (Å²) < 4.78 is 0. The van der Waals surface area contributed by atoms with Gasteiger partial charge in [-0.2, -0.15) is 0 Å². The Kier molecular flexibility index (Phi) is 5.05. The minimum absolute atomic E-state index is 0.151. The summed E-state index contributed by atoms with van der Waals surface area (Å²) in [5.74, 6) is -3.72. The van der Waals surface area contributed by atoms with Gasteiger partial charge in [0.1, 0.15) is 5.54 Å². The molecule has 3 amide bonds. The van der Waals surface area contributed by atoms with E-state index in [0.717, 1.165) is 37.7 Å². The van der Waals surface area contributed by atoms with E-state index >= 15 is 0 Å². The van der Waals surface area contributed by atoms with Crippen molar-refractivity contribution in [1.29, 1.82) is 0 Å². The topological polar surface area (TPSA) is 116 Å². The summed E-state index contributed by atoms with van der Waals surface area (Å²) >= 11 is 6.42. The number of aliphatic carboxylic acids is 1. The highest BCUT2D eigenvalue weighted by atomic mass is 35.5. The first-order valence-electron chi connectivity index (χ1n) is 11.2. The third-order valence-electron chi connectivity index (χ3n) is 7.56. The molecule has 170 valence electrons. The largest absolute Gasteiger partial charge is 0.481 e. The van der Waals surface area contributed by atoms with Crippen LogP contribution in [0.5, 0.6) is 0 Å². The molecule has 3 heterocycles. The molecule has 2 saturated heterocycles. The highest BCUT2D eigenvalue weighted by Crippen LogP contribution is 2.55. The Hall–Kier alpha value is -2.45. The molecule has 1 saturated carbocycles. The average molecular weight is 460 g/mol. The van der Waals surface area contributed by atoms with Gasteiger partial charge in [-0.15, -0.1) is 0 Å². The Morgan fingerprint density at radius 2 is 1.91 bits per heavy atom.